The molecule has 0 radical (unpaired) electrons. The predicted octanol–water partition coefficient (Wildman–Crippen LogP) is 3.81. The molecule has 1 aromatic carbocycles. The zero-order valence-corrected chi connectivity index (χ0v) is 15.7. The number of nitrogens with zero attached hydrogens (tertiary/aromatic N) is 3. The standard InChI is InChI=1S/C20H18F3N3O3/c1-10-6-15(17-11(2)25-29-18(17)24-10)19(28)26-9-14(27)8-16(26)12-4-3-5-13(7-12)20(21,22)23/h3-7,14,16,27H,8-9H2,1-2H3/t14-,16-/m1/s1. The molecule has 1 saturated heterocycles. The smallest absolute Gasteiger partial charge is 0.391 e. The number of aromatic nitrogens is 2. The van der Waals surface area contributed by atoms with Crippen LogP contribution in [0, 0.1) is 13.8 Å². The largest absolute Gasteiger partial charge is 0.416 e. The molecular formula is C20H18F3N3O3. The molecule has 9 heteroatoms. The van der Waals surface area contributed by atoms with Crippen LogP contribution < -0.4 is 0 Å². The van der Waals surface area contributed by atoms with E-state index in [-0.39, 0.29) is 18.7 Å². The first-order valence-electron chi connectivity index (χ1n) is 9.05. The number of carbonyl (C=O) groups is 1. The molecular weight excluding hydrogens is 387 g/mol. The van der Waals surface area contributed by atoms with Gasteiger partial charge in [0.25, 0.3) is 11.6 Å². The monoisotopic (exact) mass is 405 g/mol. The minimum Gasteiger partial charge on any atom is -0.391 e. The highest BCUT2D eigenvalue weighted by Gasteiger charge is 2.38. The molecule has 0 bridgehead atoms. The molecule has 1 amide bonds. The number of fused-ring (bicyclic) bond motifs is 1. The molecule has 0 spiro atoms. The Morgan fingerprint density at radius 2 is 2.03 bits per heavy atom. The first-order chi connectivity index (χ1) is 13.6. The summed E-state index contributed by atoms with van der Waals surface area (Å²) >= 11 is 0. The fraction of sp³-hybridized carbons (Fsp3) is 0.350. The topological polar surface area (TPSA) is 79.5 Å². The van der Waals surface area contributed by atoms with Gasteiger partial charge in [0, 0.05) is 12.2 Å². The molecule has 4 rings (SSSR count). The van der Waals surface area contributed by atoms with Crippen molar-refractivity contribution in [3.8, 4) is 0 Å². The Hall–Kier alpha value is -2.94. The summed E-state index contributed by atoms with van der Waals surface area (Å²) in [6, 6.07) is 5.78. The Morgan fingerprint density at radius 1 is 1.28 bits per heavy atom. The molecule has 6 nitrogen and oxygen atoms in total. The number of rotatable bonds is 2. The van der Waals surface area contributed by atoms with E-state index in [2.05, 4.69) is 10.1 Å². The fourth-order valence-corrected chi connectivity index (χ4v) is 3.82. The maximum Gasteiger partial charge on any atom is 0.416 e. The van der Waals surface area contributed by atoms with Gasteiger partial charge in [0.1, 0.15) is 0 Å². The highest BCUT2D eigenvalue weighted by atomic mass is 19.4. The lowest BCUT2D eigenvalue weighted by Crippen LogP contribution is -2.32. The lowest BCUT2D eigenvalue weighted by molar-refractivity contribution is -0.137. The SMILES string of the molecule is Cc1cc(C(=O)N2C[C@H](O)C[C@@H]2c2cccc(C(F)(F)F)c2)c2c(C)noc2n1. The Bertz CT molecular complexity index is 1090. The zero-order valence-electron chi connectivity index (χ0n) is 15.7. The quantitative estimate of drug-likeness (QED) is 0.702. The van der Waals surface area contributed by atoms with Gasteiger partial charge in [-0.2, -0.15) is 13.2 Å². The average molecular weight is 405 g/mol. The molecule has 0 unspecified atom stereocenters. The van der Waals surface area contributed by atoms with E-state index in [1.54, 1.807) is 19.9 Å². The van der Waals surface area contributed by atoms with Gasteiger partial charge in [-0.25, -0.2) is 4.98 Å². The average Bonchev–Trinajstić information content (AvgIpc) is 3.23. The molecule has 1 N–H and O–H groups in total. The number of hydrogen-bond donors (Lipinski definition) is 1. The molecule has 29 heavy (non-hydrogen) atoms. The van der Waals surface area contributed by atoms with Crippen LogP contribution in [-0.2, 0) is 6.18 Å². The molecule has 0 aliphatic carbocycles. The maximum absolute atomic E-state index is 13.4. The summed E-state index contributed by atoms with van der Waals surface area (Å²) in [6.07, 6.45) is -5.17. The van der Waals surface area contributed by atoms with Crippen molar-refractivity contribution in [3.63, 3.8) is 0 Å². The molecule has 1 aliphatic rings. The van der Waals surface area contributed by atoms with E-state index in [0.29, 0.717) is 27.9 Å². The second-order valence-corrected chi connectivity index (χ2v) is 7.25. The van der Waals surface area contributed by atoms with Gasteiger partial charge in [0.15, 0.2) is 0 Å². The van der Waals surface area contributed by atoms with Crippen LogP contribution in [0.3, 0.4) is 0 Å². The predicted molar refractivity (Wildman–Crippen MR) is 97.1 cm³/mol. The van der Waals surface area contributed by atoms with Gasteiger partial charge in [-0.15, -0.1) is 0 Å². The van der Waals surface area contributed by atoms with Gasteiger partial charge < -0.3 is 14.5 Å². The first kappa shape index (κ1) is 19.4. The second-order valence-electron chi connectivity index (χ2n) is 7.25. The number of hydrogen-bond acceptors (Lipinski definition) is 5. The summed E-state index contributed by atoms with van der Waals surface area (Å²) in [4.78, 5) is 19.0. The van der Waals surface area contributed by atoms with Crippen LogP contribution in [0.2, 0.25) is 0 Å². The van der Waals surface area contributed by atoms with Crippen LogP contribution in [0.4, 0.5) is 13.2 Å². The summed E-state index contributed by atoms with van der Waals surface area (Å²) in [5.41, 5.74) is 1.10. The lowest BCUT2D eigenvalue weighted by atomic mass is 10.00. The summed E-state index contributed by atoms with van der Waals surface area (Å²) in [5.74, 6) is -0.411. The van der Waals surface area contributed by atoms with Gasteiger partial charge in [-0.3, -0.25) is 4.79 Å². The number of β-amino-alcohol motifs (C(OH)–C–C–N with tert-alkyl or cyclic N) is 1. The number of alkyl halides is 3. The van der Waals surface area contributed by atoms with E-state index in [1.165, 1.54) is 17.0 Å². The summed E-state index contributed by atoms with van der Waals surface area (Å²) < 4.78 is 44.5. The number of carbonyl (C=O) groups excluding carboxylic acids is 1. The Labute approximate surface area is 163 Å². The van der Waals surface area contributed by atoms with E-state index in [9.17, 15) is 23.1 Å². The third-order valence-electron chi connectivity index (χ3n) is 5.11. The third kappa shape index (κ3) is 3.46. The van der Waals surface area contributed by atoms with Crippen LogP contribution in [0.25, 0.3) is 11.1 Å². The van der Waals surface area contributed by atoms with Crippen molar-refractivity contribution in [3.05, 3.63) is 58.4 Å². The number of benzene rings is 1. The van der Waals surface area contributed by atoms with Crippen LogP contribution in [0.15, 0.2) is 34.9 Å². The normalized spacial score (nSPS) is 19.9. The molecule has 0 saturated carbocycles. The van der Waals surface area contributed by atoms with Crippen LogP contribution in [0.5, 0.6) is 0 Å². The van der Waals surface area contributed by atoms with E-state index in [0.717, 1.165) is 12.1 Å². The number of aliphatic hydroxyl groups excluding tert-OH is 1. The number of amides is 1. The van der Waals surface area contributed by atoms with Crippen LogP contribution in [0.1, 0.15) is 45.3 Å². The number of halogens is 3. The van der Waals surface area contributed by atoms with E-state index >= 15 is 0 Å². The van der Waals surface area contributed by atoms with E-state index in [4.69, 9.17) is 4.52 Å². The van der Waals surface area contributed by atoms with Crippen molar-refractivity contribution >= 4 is 17.0 Å². The molecule has 1 fully saturated rings. The number of aryl methyl sites for hydroxylation is 2. The zero-order chi connectivity index (χ0) is 20.9. The van der Waals surface area contributed by atoms with Crippen LogP contribution in [-0.4, -0.2) is 38.7 Å². The van der Waals surface area contributed by atoms with Gasteiger partial charge in [0.05, 0.1) is 34.4 Å². The summed E-state index contributed by atoms with van der Waals surface area (Å²) in [6.45, 7) is 3.41. The van der Waals surface area contributed by atoms with Crippen molar-refractivity contribution in [2.24, 2.45) is 0 Å². The minimum atomic E-state index is -4.49. The van der Waals surface area contributed by atoms with Crippen molar-refractivity contribution in [1.29, 1.82) is 0 Å². The molecule has 152 valence electrons. The summed E-state index contributed by atoms with van der Waals surface area (Å²) in [5, 5.41) is 14.5. The molecule has 3 aromatic rings. The maximum atomic E-state index is 13.4. The van der Waals surface area contributed by atoms with E-state index < -0.39 is 29.8 Å². The van der Waals surface area contributed by atoms with Gasteiger partial charge in [-0.1, -0.05) is 17.3 Å². The minimum absolute atomic E-state index is 0.0208. The van der Waals surface area contributed by atoms with Crippen molar-refractivity contribution in [2.45, 2.75) is 38.6 Å². The second kappa shape index (κ2) is 6.84. The van der Waals surface area contributed by atoms with Crippen molar-refractivity contribution < 1.29 is 27.6 Å². The molecule has 2 atom stereocenters. The number of pyridine rings is 1. The van der Waals surface area contributed by atoms with Crippen molar-refractivity contribution in [2.75, 3.05) is 6.54 Å². The summed E-state index contributed by atoms with van der Waals surface area (Å²) in [7, 11) is 0. The van der Waals surface area contributed by atoms with Gasteiger partial charge >= 0.3 is 6.18 Å². The van der Waals surface area contributed by atoms with Gasteiger partial charge in [-0.05, 0) is 44.0 Å². The number of aliphatic hydroxyl groups is 1. The number of likely N-dealkylation sites (tertiary alicyclic amines) is 1. The highest BCUT2D eigenvalue weighted by Crippen LogP contribution is 2.37. The molecule has 3 heterocycles. The van der Waals surface area contributed by atoms with Gasteiger partial charge in [0.2, 0.25) is 0 Å². The first-order valence-corrected chi connectivity index (χ1v) is 9.05. The molecule has 2 aromatic heterocycles. The van der Waals surface area contributed by atoms with Crippen molar-refractivity contribution in [1.82, 2.24) is 15.0 Å². The lowest BCUT2D eigenvalue weighted by Gasteiger charge is -2.25. The Morgan fingerprint density at radius 3 is 2.76 bits per heavy atom. The Kier molecular flexibility index (Phi) is 4.57. The van der Waals surface area contributed by atoms with E-state index in [1.807, 2.05) is 0 Å². The highest BCUT2D eigenvalue weighted by molar-refractivity contribution is 6.06. The Balaban J connectivity index is 1.76. The third-order valence-corrected chi connectivity index (χ3v) is 5.11. The fourth-order valence-electron chi connectivity index (χ4n) is 3.82. The molecule has 1 aliphatic heterocycles. The van der Waals surface area contributed by atoms with Crippen LogP contribution >= 0.6 is 0 Å².